The smallest absolute Gasteiger partial charge is 0.269 e. The van der Waals surface area contributed by atoms with Crippen LogP contribution in [0.5, 0.6) is 0 Å². The molecule has 0 unspecified atom stereocenters. The number of carbonyl (C=O) groups is 2. The molecule has 0 atom stereocenters. The lowest BCUT2D eigenvalue weighted by Crippen LogP contribution is -2.42. The van der Waals surface area contributed by atoms with E-state index in [0.717, 1.165) is 16.0 Å². The molecular formula is C18H19ClN2O2S. The van der Waals surface area contributed by atoms with E-state index in [1.165, 1.54) is 0 Å². The third-order valence-corrected chi connectivity index (χ3v) is 4.62. The molecule has 0 radical (unpaired) electrons. The Labute approximate surface area is 150 Å². The van der Waals surface area contributed by atoms with Crippen LogP contribution >= 0.6 is 23.4 Å². The van der Waals surface area contributed by atoms with Crippen molar-refractivity contribution >= 4 is 35.2 Å². The number of carbonyl (C=O) groups excluding carboxylic acids is 2. The standard InChI is InChI=1S/C18H19ClN2O2S/c1-12-3-8-16(13(2)11-12)18(23)21-20-17(22)9-10-24-15-6-4-14(19)5-7-15/h3-8,11H,9-10H2,1-2H3,(H,20,22)(H,21,23). The molecule has 2 N–H and O–H groups in total. The van der Waals surface area contributed by atoms with Gasteiger partial charge in [-0.2, -0.15) is 0 Å². The molecule has 0 heterocycles. The zero-order valence-corrected chi connectivity index (χ0v) is 15.1. The zero-order valence-electron chi connectivity index (χ0n) is 13.6. The molecule has 0 aliphatic rings. The van der Waals surface area contributed by atoms with Gasteiger partial charge in [0.1, 0.15) is 0 Å². The minimum Gasteiger partial charge on any atom is -0.273 e. The third-order valence-electron chi connectivity index (χ3n) is 3.35. The minimum atomic E-state index is -0.314. The maximum absolute atomic E-state index is 12.1. The third kappa shape index (κ3) is 5.58. The van der Waals surface area contributed by atoms with E-state index in [1.807, 2.05) is 50.2 Å². The quantitative estimate of drug-likeness (QED) is 0.626. The van der Waals surface area contributed by atoms with Crippen molar-refractivity contribution < 1.29 is 9.59 Å². The molecule has 0 bridgehead atoms. The Kier molecular flexibility index (Phi) is 6.70. The molecule has 0 saturated heterocycles. The second kappa shape index (κ2) is 8.76. The summed E-state index contributed by atoms with van der Waals surface area (Å²) < 4.78 is 0. The summed E-state index contributed by atoms with van der Waals surface area (Å²) in [6.07, 6.45) is 0.306. The molecule has 126 valence electrons. The van der Waals surface area contributed by atoms with E-state index >= 15 is 0 Å². The Bertz CT molecular complexity index is 732. The van der Waals surface area contributed by atoms with Gasteiger partial charge in [0.05, 0.1) is 0 Å². The summed E-state index contributed by atoms with van der Waals surface area (Å²) in [4.78, 5) is 24.9. The van der Waals surface area contributed by atoms with Gasteiger partial charge in [0, 0.05) is 27.7 Å². The molecule has 0 spiro atoms. The summed E-state index contributed by atoms with van der Waals surface area (Å²) in [5.41, 5.74) is 7.41. The van der Waals surface area contributed by atoms with Crippen molar-refractivity contribution in [1.29, 1.82) is 0 Å². The van der Waals surface area contributed by atoms with Gasteiger partial charge in [-0.15, -0.1) is 11.8 Å². The predicted molar refractivity (Wildman–Crippen MR) is 98.3 cm³/mol. The van der Waals surface area contributed by atoms with Crippen LogP contribution in [0.15, 0.2) is 47.4 Å². The Morgan fingerprint density at radius 2 is 1.75 bits per heavy atom. The number of nitrogens with one attached hydrogen (secondary N) is 2. The highest BCUT2D eigenvalue weighted by molar-refractivity contribution is 7.99. The first-order chi connectivity index (χ1) is 11.5. The van der Waals surface area contributed by atoms with E-state index in [1.54, 1.807) is 17.8 Å². The van der Waals surface area contributed by atoms with E-state index in [-0.39, 0.29) is 11.8 Å². The first kappa shape index (κ1) is 18.4. The summed E-state index contributed by atoms with van der Waals surface area (Å²) in [6, 6.07) is 13.0. The highest BCUT2D eigenvalue weighted by atomic mass is 35.5. The lowest BCUT2D eigenvalue weighted by atomic mass is 10.1. The van der Waals surface area contributed by atoms with Crippen LogP contribution in [-0.4, -0.2) is 17.6 Å². The van der Waals surface area contributed by atoms with Crippen LogP contribution in [0.4, 0.5) is 0 Å². The van der Waals surface area contributed by atoms with E-state index < -0.39 is 0 Å². The molecule has 2 aromatic rings. The maximum Gasteiger partial charge on any atom is 0.269 e. The number of rotatable bonds is 5. The van der Waals surface area contributed by atoms with Crippen LogP contribution in [0.2, 0.25) is 5.02 Å². The summed E-state index contributed by atoms with van der Waals surface area (Å²) in [5.74, 6) is 0.0770. The first-order valence-electron chi connectivity index (χ1n) is 7.50. The van der Waals surface area contributed by atoms with Crippen LogP contribution in [0.25, 0.3) is 0 Å². The number of aryl methyl sites for hydroxylation is 2. The summed E-state index contributed by atoms with van der Waals surface area (Å²) in [7, 11) is 0. The molecule has 0 aliphatic carbocycles. The van der Waals surface area contributed by atoms with Gasteiger partial charge in [-0.25, -0.2) is 0 Å². The summed E-state index contributed by atoms with van der Waals surface area (Å²) in [5, 5.41) is 0.686. The second-order valence-electron chi connectivity index (χ2n) is 5.37. The SMILES string of the molecule is Cc1ccc(C(=O)NNC(=O)CCSc2ccc(Cl)cc2)c(C)c1. The van der Waals surface area contributed by atoms with Crippen molar-refractivity contribution in [3.63, 3.8) is 0 Å². The molecule has 0 aromatic heterocycles. The lowest BCUT2D eigenvalue weighted by molar-refractivity contribution is -0.121. The van der Waals surface area contributed by atoms with E-state index in [9.17, 15) is 9.59 Å². The topological polar surface area (TPSA) is 58.2 Å². The van der Waals surface area contributed by atoms with Gasteiger partial charge < -0.3 is 0 Å². The highest BCUT2D eigenvalue weighted by Gasteiger charge is 2.10. The van der Waals surface area contributed by atoms with Gasteiger partial charge in [-0.05, 0) is 49.7 Å². The molecule has 2 aromatic carbocycles. The fourth-order valence-corrected chi connectivity index (χ4v) is 3.09. The predicted octanol–water partition coefficient (Wildman–Crippen LogP) is 3.90. The van der Waals surface area contributed by atoms with E-state index in [0.29, 0.717) is 22.8 Å². The van der Waals surface area contributed by atoms with Gasteiger partial charge in [0.25, 0.3) is 5.91 Å². The number of hydrazine groups is 1. The van der Waals surface area contributed by atoms with Crippen molar-refractivity contribution in [3.8, 4) is 0 Å². The number of thioether (sulfide) groups is 1. The number of hydrogen-bond acceptors (Lipinski definition) is 3. The molecule has 2 amide bonds. The van der Waals surface area contributed by atoms with Crippen LogP contribution in [-0.2, 0) is 4.79 Å². The normalized spacial score (nSPS) is 10.3. The lowest BCUT2D eigenvalue weighted by Gasteiger charge is -2.09. The molecule has 6 heteroatoms. The van der Waals surface area contributed by atoms with Crippen molar-refractivity contribution in [3.05, 3.63) is 64.2 Å². The Balaban J connectivity index is 1.74. The molecule has 2 rings (SSSR count). The zero-order chi connectivity index (χ0) is 17.5. The first-order valence-corrected chi connectivity index (χ1v) is 8.87. The molecule has 4 nitrogen and oxygen atoms in total. The molecule has 24 heavy (non-hydrogen) atoms. The van der Waals surface area contributed by atoms with Gasteiger partial charge in [-0.3, -0.25) is 20.4 Å². The maximum atomic E-state index is 12.1. The van der Waals surface area contributed by atoms with Crippen LogP contribution in [0, 0.1) is 13.8 Å². The van der Waals surface area contributed by atoms with E-state index in [4.69, 9.17) is 11.6 Å². The van der Waals surface area contributed by atoms with Crippen LogP contribution in [0.1, 0.15) is 27.9 Å². The van der Waals surface area contributed by atoms with Crippen LogP contribution < -0.4 is 10.9 Å². The van der Waals surface area contributed by atoms with Crippen molar-refractivity contribution in [1.82, 2.24) is 10.9 Å². The molecule has 0 aliphatic heterocycles. The number of halogens is 1. The molecule has 0 saturated carbocycles. The fourth-order valence-electron chi connectivity index (χ4n) is 2.12. The Hall–Kier alpha value is -1.98. The molecule has 0 fully saturated rings. The average Bonchev–Trinajstić information content (AvgIpc) is 2.54. The summed E-state index contributed by atoms with van der Waals surface area (Å²) >= 11 is 7.38. The van der Waals surface area contributed by atoms with Gasteiger partial charge in [0.2, 0.25) is 5.91 Å². The minimum absolute atomic E-state index is 0.227. The largest absolute Gasteiger partial charge is 0.273 e. The van der Waals surface area contributed by atoms with Gasteiger partial charge in [-0.1, -0.05) is 29.3 Å². The second-order valence-corrected chi connectivity index (χ2v) is 6.98. The van der Waals surface area contributed by atoms with Crippen LogP contribution in [0.3, 0.4) is 0 Å². The highest BCUT2D eigenvalue weighted by Crippen LogP contribution is 2.20. The summed E-state index contributed by atoms with van der Waals surface area (Å²) in [6.45, 7) is 3.83. The number of amides is 2. The monoisotopic (exact) mass is 362 g/mol. The van der Waals surface area contributed by atoms with Gasteiger partial charge >= 0.3 is 0 Å². The Morgan fingerprint density at radius 1 is 1.04 bits per heavy atom. The van der Waals surface area contributed by atoms with Crippen molar-refractivity contribution in [2.75, 3.05) is 5.75 Å². The fraction of sp³-hybridized carbons (Fsp3) is 0.222. The Morgan fingerprint density at radius 3 is 2.42 bits per heavy atom. The van der Waals surface area contributed by atoms with Gasteiger partial charge in [0.15, 0.2) is 0 Å². The average molecular weight is 363 g/mol. The van der Waals surface area contributed by atoms with Crippen molar-refractivity contribution in [2.45, 2.75) is 25.2 Å². The van der Waals surface area contributed by atoms with E-state index in [2.05, 4.69) is 10.9 Å². The number of hydrogen-bond donors (Lipinski definition) is 2. The number of benzene rings is 2. The molecular weight excluding hydrogens is 344 g/mol. The van der Waals surface area contributed by atoms with Crippen molar-refractivity contribution in [2.24, 2.45) is 0 Å².